The van der Waals surface area contributed by atoms with E-state index >= 15 is 0 Å². The van der Waals surface area contributed by atoms with Crippen molar-refractivity contribution in [1.29, 1.82) is 0 Å². The number of β-lactam (4-membered cyclic amide) rings is 1. The third-order valence-corrected chi connectivity index (χ3v) is 6.55. The standard InChI is InChI=1S/C24H29N3O2/c1-2-26(17-19-11-15-25-16-12-19)21(28)18-27-22(20-9-5-3-6-10-20)24(23(27)29)13-7-4-8-14-24/h3,5-6,9-12,15-16,22H,2,4,7-8,13-14,17-18H2,1H3. The zero-order valence-electron chi connectivity index (χ0n) is 17.1. The SMILES string of the molecule is CCN(Cc1ccncc1)C(=O)CN1C(=O)C2(CCCCC2)C1c1ccccc1. The average Bonchev–Trinajstić information content (AvgIpc) is 2.78. The first-order valence-electron chi connectivity index (χ1n) is 10.7. The van der Waals surface area contributed by atoms with E-state index < -0.39 is 0 Å². The molecule has 0 radical (unpaired) electrons. The predicted molar refractivity (Wildman–Crippen MR) is 112 cm³/mol. The number of benzene rings is 1. The molecule has 2 aromatic rings. The predicted octanol–water partition coefficient (Wildman–Crippen LogP) is 3.96. The molecule has 1 saturated heterocycles. The Morgan fingerprint density at radius 3 is 2.45 bits per heavy atom. The second-order valence-electron chi connectivity index (χ2n) is 8.23. The third kappa shape index (κ3) is 3.66. The highest BCUT2D eigenvalue weighted by atomic mass is 16.2. The maximum atomic E-state index is 13.3. The Morgan fingerprint density at radius 1 is 1.10 bits per heavy atom. The Balaban J connectivity index is 1.53. The van der Waals surface area contributed by atoms with Crippen LogP contribution < -0.4 is 0 Å². The summed E-state index contributed by atoms with van der Waals surface area (Å²) in [5, 5.41) is 0. The van der Waals surface area contributed by atoms with Gasteiger partial charge in [0, 0.05) is 25.5 Å². The fraction of sp³-hybridized carbons (Fsp3) is 0.458. The lowest BCUT2D eigenvalue weighted by Crippen LogP contribution is -2.65. The number of carbonyl (C=O) groups is 2. The van der Waals surface area contributed by atoms with E-state index in [4.69, 9.17) is 0 Å². The Kier molecular flexibility index (Phi) is 5.65. The van der Waals surface area contributed by atoms with E-state index in [1.54, 1.807) is 12.4 Å². The van der Waals surface area contributed by atoms with Gasteiger partial charge in [0.2, 0.25) is 11.8 Å². The van der Waals surface area contributed by atoms with Crippen LogP contribution in [0.25, 0.3) is 0 Å². The zero-order chi connectivity index (χ0) is 20.3. The molecule has 2 amide bonds. The van der Waals surface area contributed by atoms with E-state index in [9.17, 15) is 9.59 Å². The molecule has 1 saturated carbocycles. The molecule has 4 rings (SSSR count). The molecular formula is C24H29N3O2. The van der Waals surface area contributed by atoms with Crippen LogP contribution in [0.1, 0.15) is 56.2 Å². The summed E-state index contributed by atoms with van der Waals surface area (Å²) in [7, 11) is 0. The molecule has 2 fully saturated rings. The van der Waals surface area contributed by atoms with E-state index in [0.29, 0.717) is 13.1 Å². The smallest absolute Gasteiger partial charge is 0.242 e. The average molecular weight is 392 g/mol. The molecule has 1 unspecified atom stereocenters. The van der Waals surface area contributed by atoms with Crippen LogP contribution in [0.4, 0.5) is 0 Å². The van der Waals surface area contributed by atoms with Crippen LogP contribution in [0, 0.1) is 5.41 Å². The van der Waals surface area contributed by atoms with Gasteiger partial charge in [0.15, 0.2) is 0 Å². The van der Waals surface area contributed by atoms with Gasteiger partial charge in [-0.05, 0) is 43.0 Å². The largest absolute Gasteiger partial charge is 0.337 e. The number of carbonyl (C=O) groups excluding carboxylic acids is 2. The molecule has 0 bridgehead atoms. The minimum atomic E-state index is -0.304. The van der Waals surface area contributed by atoms with Crippen molar-refractivity contribution >= 4 is 11.8 Å². The molecule has 0 N–H and O–H groups in total. The van der Waals surface area contributed by atoms with E-state index in [-0.39, 0.29) is 29.8 Å². The number of amides is 2. The molecule has 1 aliphatic carbocycles. The number of aromatic nitrogens is 1. The molecule has 1 spiro atoms. The van der Waals surface area contributed by atoms with Crippen LogP contribution in [-0.4, -0.2) is 39.7 Å². The van der Waals surface area contributed by atoms with Gasteiger partial charge in [0.05, 0.1) is 11.5 Å². The minimum absolute atomic E-state index is 0.00394. The number of nitrogens with zero attached hydrogens (tertiary/aromatic N) is 3. The van der Waals surface area contributed by atoms with Gasteiger partial charge < -0.3 is 9.80 Å². The molecular weight excluding hydrogens is 362 g/mol. The van der Waals surface area contributed by atoms with E-state index in [1.165, 1.54) is 6.42 Å². The van der Waals surface area contributed by atoms with Crippen molar-refractivity contribution in [3.63, 3.8) is 0 Å². The number of hydrogen-bond donors (Lipinski definition) is 0. The van der Waals surface area contributed by atoms with E-state index in [2.05, 4.69) is 17.1 Å². The van der Waals surface area contributed by atoms with Crippen LogP contribution >= 0.6 is 0 Å². The van der Waals surface area contributed by atoms with Crippen molar-refractivity contribution < 1.29 is 9.59 Å². The summed E-state index contributed by atoms with van der Waals surface area (Å²) in [5.41, 5.74) is 1.90. The van der Waals surface area contributed by atoms with Crippen molar-refractivity contribution in [3.8, 4) is 0 Å². The van der Waals surface area contributed by atoms with Crippen molar-refractivity contribution in [2.75, 3.05) is 13.1 Å². The molecule has 1 aliphatic heterocycles. The monoisotopic (exact) mass is 391 g/mol. The molecule has 5 nitrogen and oxygen atoms in total. The molecule has 1 atom stereocenters. The Labute approximate surface area is 172 Å². The van der Waals surface area contributed by atoms with Crippen LogP contribution in [0.2, 0.25) is 0 Å². The van der Waals surface area contributed by atoms with Crippen LogP contribution in [0.3, 0.4) is 0 Å². The van der Waals surface area contributed by atoms with Crippen molar-refractivity contribution in [1.82, 2.24) is 14.8 Å². The van der Waals surface area contributed by atoms with Gasteiger partial charge >= 0.3 is 0 Å². The van der Waals surface area contributed by atoms with Crippen molar-refractivity contribution in [3.05, 3.63) is 66.0 Å². The molecule has 1 aromatic carbocycles. The number of likely N-dealkylation sites (N-methyl/N-ethyl adjacent to an activating group) is 1. The second kappa shape index (κ2) is 8.36. The molecule has 1 aromatic heterocycles. The minimum Gasteiger partial charge on any atom is -0.337 e. The number of pyridine rings is 1. The molecule has 2 aliphatic rings. The van der Waals surface area contributed by atoms with E-state index in [1.807, 2.05) is 47.1 Å². The molecule has 2 heterocycles. The van der Waals surface area contributed by atoms with Crippen LogP contribution in [0.5, 0.6) is 0 Å². The summed E-state index contributed by atoms with van der Waals surface area (Å²) < 4.78 is 0. The lowest BCUT2D eigenvalue weighted by molar-refractivity contribution is -0.181. The highest BCUT2D eigenvalue weighted by Gasteiger charge is 2.60. The van der Waals surface area contributed by atoms with Gasteiger partial charge in [-0.15, -0.1) is 0 Å². The number of rotatable bonds is 6. The van der Waals surface area contributed by atoms with Gasteiger partial charge in [-0.3, -0.25) is 14.6 Å². The van der Waals surface area contributed by atoms with Crippen molar-refractivity contribution in [2.24, 2.45) is 5.41 Å². The third-order valence-electron chi connectivity index (χ3n) is 6.55. The maximum absolute atomic E-state index is 13.3. The summed E-state index contributed by atoms with van der Waals surface area (Å²) in [4.78, 5) is 34.0. The van der Waals surface area contributed by atoms with Gasteiger partial charge in [0.1, 0.15) is 6.54 Å². The normalized spacial score (nSPS) is 20.4. The first-order valence-corrected chi connectivity index (χ1v) is 10.7. The first-order chi connectivity index (χ1) is 14.2. The zero-order valence-corrected chi connectivity index (χ0v) is 17.1. The Bertz CT molecular complexity index is 847. The van der Waals surface area contributed by atoms with E-state index in [0.717, 1.165) is 36.8 Å². The highest BCUT2D eigenvalue weighted by Crippen LogP contribution is 2.57. The quantitative estimate of drug-likeness (QED) is 0.700. The van der Waals surface area contributed by atoms with Crippen molar-refractivity contribution in [2.45, 2.75) is 51.6 Å². The summed E-state index contributed by atoms with van der Waals surface area (Å²) in [6, 6.07) is 14.1. The van der Waals surface area contributed by atoms with Gasteiger partial charge in [-0.25, -0.2) is 0 Å². The number of hydrogen-bond acceptors (Lipinski definition) is 3. The fourth-order valence-electron chi connectivity index (χ4n) is 5.05. The summed E-state index contributed by atoms with van der Waals surface area (Å²) >= 11 is 0. The molecule has 5 heteroatoms. The van der Waals surface area contributed by atoms with Crippen LogP contribution in [0.15, 0.2) is 54.9 Å². The fourth-order valence-corrected chi connectivity index (χ4v) is 5.05. The van der Waals surface area contributed by atoms with Gasteiger partial charge in [0.25, 0.3) is 0 Å². The Morgan fingerprint density at radius 2 is 1.79 bits per heavy atom. The second-order valence-corrected chi connectivity index (χ2v) is 8.23. The molecule has 152 valence electrons. The summed E-state index contributed by atoms with van der Waals surface area (Å²) in [6.07, 6.45) is 8.75. The highest BCUT2D eigenvalue weighted by molar-refractivity contribution is 5.94. The summed E-state index contributed by atoms with van der Waals surface area (Å²) in [6.45, 7) is 3.29. The number of likely N-dealkylation sites (tertiary alicyclic amines) is 1. The van der Waals surface area contributed by atoms with Gasteiger partial charge in [-0.1, -0.05) is 49.6 Å². The lowest BCUT2D eigenvalue weighted by Gasteiger charge is -2.58. The van der Waals surface area contributed by atoms with Gasteiger partial charge in [-0.2, -0.15) is 0 Å². The van der Waals surface area contributed by atoms with Crippen LogP contribution in [-0.2, 0) is 16.1 Å². The summed E-state index contributed by atoms with van der Waals surface area (Å²) in [5.74, 6) is 0.170. The Hall–Kier alpha value is -2.69. The topological polar surface area (TPSA) is 53.5 Å². The molecule has 29 heavy (non-hydrogen) atoms. The maximum Gasteiger partial charge on any atom is 0.242 e. The first kappa shape index (κ1) is 19.6. The lowest BCUT2D eigenvalue weighted by atomic mass is 9.60.